The largest absolute Gasteiger partial charge is 0.497 e. The normalized spacial score (nSPS) is 17.4. The third-order valence-electron chi connectivity index (χ3n) is 4.89. The van der Waals surface area contributed by atoms with Crippen LogP contribution in [-0.2, 0) is 16.1 Å². The number of benzene rings is 1. The fourth-order valence-corrected chi connectivity index (χ4v) is 3.43. The monoisotopic (exact) mass is 393 g/mol. The minimum Gasteiger partial charge on any atom is -0.497 e. The highest BCUT2D eigenvalue weighted by molar-refractivity contribution is 5.89. The molecular weight excluding hydrogens is 362 g/mol. The zero-order valence-corrected chi connectivity index (χ0v) is 17.1. The van der Waals surface area contributed by atoms with Crippen LogP contribution in [0.2, 0.25) is 0 Å². The van der Waals surface area contributed by atoms with E-state index in [9.17, 15) is 14.7 Å². The van der Waals surface area contributed by atoms with Crippen molar-refractivity contribution >= 4 is 11.8 Å². The highest BCUT2D eigenvalue weighted by atomic mass is 16.5. The van der Waals surface area contributed by atoms with Gasteiger partial charge in [0.25, 0.3) is 0 Å². The van der Waals surface area contributed by atoms with E-state index in [-0.39, 0.29) is 37.4 Å². The summed E-state index contributed by atoms with van der Waals surface area (Å²) in [5.41, 5.74) is 0.944. The van der Waals surface area contributed by atoms with Crippen molar-refractivity contribution in [2.75, 3.05) is 40.5 Å². The lowest BCUT2D eigenvalue weighted by Crippen LogP contribution is -2.56. The number of hydrogen-bond acceptors (Lipinski definition) is 6. The summed E-state index contributed by atoms with van der Waals surface area (Å²) in [7, 11) is 3.19. The summed E-state index contributed by atoms with van der Waals surface area (Å²) in [5.74, 6) is 1.07. The molecule has 0 aliphatic carbocycles. The molecular formula is C20H31N3O5. The zero-order chi connectivity index (χ0) is 20.7. The number of methoxy groups -OCH3 is 2. The van der Waals surface area contributed by atoms with E-state index in [1.54, 1.807) is 25.2 Å². The number of aliphatic hydroxyl groups excluding tert-OH is 1. The predicted octanol–water partition coefficient (Wildman–Crippen LogP) is 0.624. The number of amides is 2. The second-order valence-electron chi connectivity index (χ2n) is 7.11. The van der Waals surface area contributed by atoms with Crippen LogP contribution in [-0.4, -0.2) is 79.3 Å². The van der Waals surface area contributed by atoms with E-state index < -0.39 is 6.04 Å². The SMILES string of the molecule is COc1cc(CN2CCNC(=O)C2CC(=O)N(CCO)C(C)C)cc(OC)c1. The zero-order valence-electron chi connectivity index (χ0n) is 17.1. The first-order valence-corrected chi connectivity index (χ1v) is 9.53. The third kappa shape index (κ3) is 5.59. The molecule has 1 aromatic rings. The van der Waals surface area contributed by atoms with Crippen LogP contribution in [0.4, 0.5) is 0 Å². The summed E-state index contributed by atoms with van der Waals surface area (Å²) in [4.78, 5) is 28.9. The van der Waals surface area contributed by atoms with Gasteiger partial charge in [-0.3, -0.25) is 14.5 Å². The number of ether oxygens (including phenoxy) is 2. The summed E-state index contributed by atoms with van der Waals surface area (Å²) in [6.45, 7) is 5.64. The molecule has 8 nitrogen and oxygen atoms in total. The van der Waals surface area contributed by atoms with Crippen molar-refractivity contribution in [1.82, 2.24) is 15.1 Å². The molecule has 2 N–H and O–H groups in total. The second kappa shape index (κ2) is 10.3. The Labute approximate surface area is 166 Å². The molecule has 0 radical (unpaired) electrons. The van der Waals surface area contributed by atoms with E-state index >= 15 is 0 Å². The Kier molecular flexibility index (Phi) is 8.07. The number of nitrogens with one attached hydrogen (secondary N) is 1. The van der Waals surface area contributed by atoms with Gasteiger partial charge in [0.2, 0.25) is 11.8 Å². The van der Waals surface area contributed by atoms with E-state index in [4.69, 9.17) is 9.47 Å². The Morgan fingerprint density at radius 3 is 2.46 bits per heavy atom. The van der Waals surface area contributed by atoms with Crippen molar-refractivity contribution in [3.05, 3.63) is 23.8 Å². The second-order valence-corrected chi connectivity index (χ2v) is 7.11. The van der Waals surface area contributed by atoms with Gasteiger partial charge in [-0.15, -0.1) is 0 Å². The van der Waals surface area contributed by atoms with Crippen molar-refractivity contribution in [1.29, 1.82) is 0 Å². The molecule has 1 fully saturated rings. The quantitative estimate of drug-likeness (QED) is 0.639. The van der Waals surface area contributed by atoms with Crippen LogP contribution in [0.1, 0.15) is 25.8 Å². The number of rotatable bonds is 9. The summed E-state index contributed by atoms with van der Waals surface area (Å²) in [5, 5.41) is 12.1. The summed E-state index contributed by atoms with van der Waals surface area (Å²) < 4.78 is 10.6. The Bertz CT molecular complexity index is 658. The Morgan fingerprint density at radius 2 is 1.93 bits per heavy atom. The molecule has 2 amide bonds. The Balaban J connectivity index is 2.18. The van der Waals surface area contributed by atoms with Crippen LogP contribution in [0.3, 0.4) is 0 Å². The van der Waals surface area contributed by atoms with E-state index in [1.165, 1.54) is 0 Å². The first kappa shape index (κ1) is 22.0. The minimum atomic E-state index is -0.557. The molecule has 2 rings (SSSR count). The Morgan fingerprint density at radius 1 is 1.29 bits per heavy atom. The fraction of sp³-hybridized carbons (Fsp3) is 0.600. The summed E-state index contributed by atoms with van der Waals surface area (Å²) in [6, 6.07) is 5.00. The van der Waals surface area contributed by atoms with Crippen LogP contribution in [0.25, 0.3) is 0 Å². The minimum absolute atomic E-state index is 0.0394. The molecule has 1 atom stereocenters. The van der Waals surface area contributed by atoms with Crippen molar-refractivity contribution in [3.63, 3.8) is 0 Å². The molecule has 0 spiro atoms. The number of hydrogen-bond donors (Lipinski definition) is 2. The number of piperazine rings is 1. The number of nitrogens with zero attached hydrogens (tertiary/aromatic N) is 2. The summed E-state index contributed by atoms with van der Waals surface area (Å²) >= 11 is 0. The molecule has 28 heavy (non-hydrogen) atoms. The van der Waals surface area contributed by atoms with Crippen LogP contribution < -0.4 is 14.8 Å². The molecule has 8 heteroatoms. The van der Waals surface area contributed by atoms with Crippen LogP contribution in [0, 0.1) is 0 Å². The van der Waals surface area contributed by atoms with Crippen molar-refractivity contribution in [2.45, 2.75) is 38.9 Å². The van der Waals surface area contributed by atoms with Crippen molar-refractivity contribution in [3.8, 4) is 11.5 Å². The topological polar surface area (TPSA) is 91.3 Å². The van der Waals surface area contributed by atoms with Crippen LogP contribution in [0.15, 0.2) is 18.2 Å². The van der Waals surface area contributed by atoms with E-state index in [0.717, 1.165) is 5.56 Å². The first-order valence-electron chi connectivity index (χ1n) is 9.53. The van der Waals surface area contributed by atoms with Gasteiger partial charge in [0.15, 0.2) is 0 Å². The molecule has 1 aliphatic rings. The smallest absolute Gasteiger partial charge is 0.237 e. The molecule has 1 unspecified atom stereocenters. The molecule has 1 aliphatic heterocycles. The van der Waals surface area contributed by atoms with Gasteiger partial charge >= 0.3 is 0 Å². The van der Waals surface area contributed by atoms with Gasteiger partial charge in [-0.2, -0.15) is 0 Å². The number of carbonyl (C=O) groups excluding carboxylic acids is 2. The molecule has 0 bridgehead atoms. The van der Waals surface area contributed by atoms with E-state index in [0.29, 0.717) is 31.1 Å². The molecule has 1 aromatic carbocycles. The average Bonchev–Trinajstić information content (AvgIpc) is 2.67. The van der Waals surface area contributed by atoms with Crippen molar-refractivity contribution < 1.29 is 24.2 Å². The van der Waals surface area contributed by atoms with Gasteiger partial charge < -0.3 is 24.8 Å². The fourth-order valence-electron chi connectivity index (χ4n) is 3.43. The van der Waals surface area contributed by atoms with Gasteiger partial charge in [0.05, 0.1) is 33.3 Å². The van der Waals surface area contributed by atoms with Gasteiger partial charge in [0, 0.05) is 38.3 Å². The molecule has 156 valence electrons. The average molecular weight is 393 g/mol. The Hall–Kier alpha value is -2.32. The molecule has 1 heterocycles. The van der Waals surface area contributed by atoms with Gasteiger partial charge in [0.1, 0.15) is 11.5 Å². The lowest BCUT2D eigenvalue weighted by atomic mass is 10.1. The molecule has 1 saturated heterocycles. The first-order chi connectivity index (χ1) is 13.4. The van der Waals surface area contributed by atoms with E-state index in [2.05, 4.69) is 5.32 Å². The third-order valence-corrected chi connectivity index (χ3v) is 4.89. The number of carbonyl (C=O) groups is 2. The maximum Gasteiger partial charge on any atom is 0.237 e. The molecule has 0 aromatic heterocycles. The highest BCUT2D eigenvalue weighted by Crippen LogP contribution is 2.25. The lowest BCUT2D eigenvalue weighted by molar-refractivity contribution is -0.140. The van der Waals surface area contributed by atoms with Gasteiger partial charge in [-0.1, -0.05) is 0 Å². The van der Waals surface area contributed by atoms with Gasteiger partial charge in [-0.05, 0) is 31.5 Å². The number of aliphatic hydroxyl groups is 1. The standard InChI is InChI=1S/C20H31N3O5/c1-14(2)23(7-8-24)19(25)12-18-20(26)21-5-6-22(18)13-15-9-16(27-3)11-17(10-15)28-4/h9-11,14,18,24H,5-8,12-13H2,1-4H3,(H,21,26). The molecule has 0 saturated carbocycles. The van der Waals surface area contributed by atoms with Crippen LogP contribution in [0.5, 0.6) is 11.5 Å². The predicted molar refractivity (Wildman–Crippen MR) is 105 cm³/mol. The van der Waals surface area contributed by atoms with Crippen molar-refractivity contribution in [2.24, 2.45) is 0 Å². The summed E-state index contributed by atoms with van der Waals surface area (Å²) in [6.07, 6.45) is 0.0745. The van der Waals surface area contributed by atoms with Crippen LogP contribution >= 0.6 is 0 Å². The highest BCUT2D eigenvalue weighted by Gasteiger charge is 2.33. The lowest BCUT2D eigenvalue weighted by Gasteiger charge is -2.36. The van der Waals surface area contributed by atoms with E-state index in [1.807, 2.05) is 30.9 Å². The maximum atomic E-state index is 12.8. The maximum absolute atomic E-state index is 12.8. The van der Waals surface area contributed by atoms with Gasteiger partial charge in [-0.25, -0.2) is 0 Å².